The quantitative estimate of drug-likeness (QED) is 0.847. The topological polar surface area (TPSA) is 28.2 Å². The third-order valence-corrected chi connectivity index (χ3v) is 3.49. The normalized spacial score (nSPS) is 10.8. The maximum absolute atomic E-state index is 6.10. The molecule has 0 spiro atoms. The van der Waals surface area contributed by atoms with E-state index >= 15 is 0 Å². The molecule has 0 saturated carbocycles. The number of aromatic nitrogens is 1. The monoisotopic (exact) mass is 289 g/mol. The van der Waals surface area contributed by atoms with Gasteiger partial charge in [-0.15, -0.1) is 0 Å². The van der Waals surface area contributed by atoms with Crippen molar-refractivity contribution >= 4 is 17.3 Å². The van der Waals surface area contributed by atoms with Crippen LogP contribution in [0.4, 0.5) is 5.69 Å². The smallest absolute Gasteiger partial charge is 0.0637 e. The van der Waals surface area contributed by atoms with Crippen molar-refractivity contribution in [1.29, 1.82) is 0 Å². The minimum atomic E-state index is 0.767. The van der Waals surface area contributed by atoms with E-state index in [-0.39, 0.29) is 0 Å². The van der Waals surface area contributed by atoms with E-state index in [2.05, 4.69) is 28.3 Å². The Bertz CT molecular complexity index is 516. The number of nitrogens with one attached hydrogen (secondary N) is 1. The molecule has 20 heavy (non-hydrogen) atoms. The van der Waals surface area contributed by atoms with Crippen LogP contribution in [0.15, 0.2) is 48.7 Å². The number of benzene rings is 1. The van der Waals surface area contributed by atoms with Crippen molar-refractivity contribution in [3.05, 3.63) is 59.4 Å². The first-order valence-electron chi connectivity index (χ1n) is 6.82. The van der Waals surface area contributed by atoms with Crippen LogP contribution in [0.25, 0.3) is 0 Å². The number of anilines is 1. The van der Waals surface area contributed by atoms with Gasteiger partial charge in [0.25, 0.3) is 0 Å². The Labute approximate surface area is 125 Å². The van der Waals surface area contributed by atoms with Gasteiger partial charge >= 0.3 is 0 Å². The Balaban J connectivity index is 1.68. The predicted octanol–water partition coefficient (Wildman–Crippen LogP) is 3.32. The van der Waals surface area contributed by atoms with E-state index in [1.807, 2.05) is 42.6 Å². The summed E-state index contributed by atoms with van der Waals surface area (Å²) >= 11 is 6.10. The lowest BCUT2D eigenvalue weighted by molar-refractivity contribution is 0.350. The summed E-state index contributed by atoms with van der Waals surface area (Å²) in [5, 5.41) is 4.12. The van der Waals surface area contributed by atoms with Gasteiger partial charge in [0.15, 0.2) is 0 Å². The van der Waals surface area contributed by atoms with Crippen LogP contribution in [0.1, 0.15) is 5.69 Å². The van der Waals surface area contributed by atoms with Crippen LogP contribution in [0.5, 0.6) is 0 Å². The van der Waals surface area contributed by atoms with Crippen molar-refractivity contribution in [2.45, 2.75) is 6.42 Å². The van der Waals surface area contributed by atoms with E-state index < -0.39 is 0 Å². The van der Waals surface area contributed by atoms with Gasteiger partial charge in [0.1, 0.15) is 0 Å². The summed E-state index contributed by atoms with van der Waals surface area (Å²) in [6, 6.07) is 13.9. The lowest BCUT2D eigenvalue weighted by Crippen LogP contribution is -2.27. The number of pyridine rings is 1. The maximum atomic E-state index is 6.10. The third kappa shape index (κ3) is 4.83. The highest BCUT2D eigenvalue weighted by atomic mass is 35.5. The molecule has 1 aromatic heterocycles. The van der Waals surface area contributed by atoms with Crippen molar-refractivity contribution in [3.8, 4) is 0 Å². The fourth-order valence-electron chi connectivity index (χ4n) is 1.95. The number of halogens is 1. The van der Waals surface area contributed by atoms with Crippen molar-refractivity contribution in [2.24, 2.45) is 0 Å². The molecule has 1 N–H and O–H groups in total. The number of likely N-dealkylation sites (N-methyl/N-ethyl adjacent to an activating group) is 1. The van der Waals surface area contributed by atoms with Gasteiger partial charge in [-0.25, -0.2) is 0 Å². The van der Waals surface area contributed by atoms with E-state index in [1.54, 1.807) is 0 Å². The van der Waals surface area contributed by atoms with Gasteiger partial charge in [-0.2, -0.15) is 0 Å². The Hall–Kier alpha value is -1.58. The second-order valence-electron chi connectivity index (χ2n) is 4.78. The molecular formula is C16H20ClN3. The maximum Gasteiger partial charge on any atom is 0.0637 e. The Morgan fingerprint density at radius 3 is 2.65 bits per heavy atom. The van der Waals surface area contributed by atoms with E-state index in [9.17, 15) is 0 Å². The average molecular weight is 290 g/mol. The molecule has 0 aliphatic carbocycles. The molecule has 2 rings (SSSR count). The van der Waals surface area contributed by atoms with Gasteiger partial charge in [0, 0.05) is 37.9 Å². The number of rotatable bonds is 7. The van der Waals surface area contributed by atoms with E-state index in [0.29, 0.717) is 0 Å². The van der Waals surface area contributed by atoms with E-state index in [1.165, 1.54) is 0 Å². The molecule has 1 heterocycles. The molecule has 0 aliphatic heterocycles. The molecule has 0 amide bonds. The predicted molar refractivity (Wildman–Crippen MR) is 85.4 cm³/mol. The zero-order valence-electron chi connectivity index (χ0n) is 11.7. The van der Waals surface area contributed by atoms with Crippen molar-refractivity contribution in [1.82, 2.24) is 9.88 Å². The molecule has 2 aromatic rings. The second-order valence-corrected chi connectivity index (χ2v) is 5.19. The van der Waals surface area contributed by atoms with Gasteiger partial charge in [-0.1, -0.05) is 29.8 Å². The highest BCUT2D eigenvalue weighted by Crippen LogP contribution is 2.19. The van der Waals surface area contributed by atoms with Crippen molar-refractivity contribution in [2.75, 3.05) is 32.0 Å². The summed E-state index contributed by atoms with van der Waals surface area (Å²) in [6.07, 6.45) is 2.82. The van der Waals surface area contributed by atoms with Crippen LogP contribution < -0.4 is 5.32 Å². The summed E-state index contributed by atoms with van der Waals surface area (Å²) in [4.78, 5) is 6.62. The van der Waals surface area contributed by atoms with Gasteiger partial charge < -0.3 is 10.2 Å². The minimum Gasteiger partial charge on any atom is -0.383 e. The lowest BCUT2D eigenvalue weighted by Gasteiger charge is -2.17. The molecule has 0 bridgehead atoms. The Kier molecular flexibility index (Phi) is 5.84. The average Bonchev–Trinajstić information content (AvgIpc) is 2.48. The van der Waals surface area contributed by atoms with Crippen LogP contribution in [0, 0.1) is 0 Å². The molecular weight excluding hydrogens is 270 g/mol. The Morgan fingerprint density at radius 2 is 1.90 bits per heavy atom. The third-order valence-electron chi connectivity index (χ3n) is 3.16. The molecule has 106 valence electrons. The number of para-hydroxylation sites is 1. The summed E-state index contributed by atoms with van der Waals surface area (Å²) < 4.78 is 0. The highest BCUT2D eigenvalue weighted by Gasteiger charge is 2.01. The summed E-state index contributed by atoms with van der Waals surface area (Å²) in [6.45, 7) is 2.85. The van der Waals surface area contributed by atoms with Crippen LogP contribution >= 0.6 is 11.6 Å². The Morgan fingerprint density at radius 1 is 1.10 bits per heavy atom. The molecule has 4 heteroatoms. The first-order chi connectivity index (χ1) is 9.75. The molecule has 0 atom stereocenters. The first kappa shape index (κ1) is 14.8. The van der Waals surface area contributed by atoms with Gasteiger partial charge in [0.2, 0.25) is 0 Å². The number of nitrogens with zero attached hydrogens (tertiary/aromatic N) is 2. The first-order valence-corrected chi connectivity index (χ1v) is 7.20. The highest BCUT2D eigenvalue weighted by molar-refractivity contribution is 6.33. The summed E-state index contributed by atoms with van der Waals surface area (Å²) in [5.41, 5.74) is 2.13. The van der Waals surface area contributed by atoms with Crippen molar-refractivity contribution in [3.63, 3.8) is 0 Å². The fourth-order valence-corrected chi connectivity index (χ4v) is 2.15. The second kappa shape index (κ2) is 7.88. The molecule has 0 fully saturated rings. The standard InChI is InChI=1S/C16H20ClN3/c1-20(12-9-14-6-4-5-10-18-14)13-11-19-16-8-3-2-7-15(16)17/h2-8,10,19H,9,11-13H2,1H3. The van der Waals surface area contributed by atoms with Crippen LogP contribution in [0.2, 0.25) is 5.02 Å². The number of hydrogen-bond donors (Lipinski definition) is 1. The van der Waals surface area contributed by atoms with E-state index in [4.69, 9.17) is 11.6 Å². The molecule has 0 radical (unpaired) electrons. The van der Waals surface area contributed by atoms with Crippen molar-refractivity contribution < 1.29 is 0 Å². The van der Waals surface area contributed by atoms with Crippen LogP contribution in [-0.2, 0) is 6.42 Å². The van der Waals surface area contributed by atoms with Crippen LogP contribution in [0.3, 0.4) is 0 Å². The van der Waals surface area contributed by atoms with Gasteiger partial charge in [0.05, 0.1) is 10.7 Å². The summed E-state index contributed by atoms with van der Waals surface area (Å²) in [7, 11) is 2.12. The molecule has 0 saturated heterocycles. The minimum absolute atomic E-state index is 0.767. The lowest BCUT2D eigenvalue weighted by atomic mass is 10.2. The van der Waals surface area contributed by atoms with E-state index in [0.717, 1.165) is 42.5 Å². The van der Waals surface area contributed by atoms with Gasteiger partial charge in [-0.05, 0) is 31.3 Å². The summed E-state index contributed by atoms with van der Waals surface area (Å²) in [5.74, 6) is 0. The van der Waals surface area contributed by atoms with Gasteiger partial charge in [-0.3, -0.25) is 4.98 Å². The molecule has 0 unspecified atom stereocenters. The molecule has 3 nitrogen and oxygen atoms in total. The zero-order valence-corrected chi connectivity index (χ0v) is 12.5. The fraction of sp³-hybridized carbons (Fsp3) is 0.312. The zero-order chi connectivity index (χ0) is 14.2. The molecule has 1 aromatic carbocycles. The SMILES string of the molecule is CN(CCNc1ccccc1Cl)CCc1ccccn1. The van der Waals surface area contributed by atoms with Crippen LogP contribution in [-0.4, -0.2) is 36.6 Å². The number of hydrogen-bond acceptors (Lipinski definition) is 3. The largest absolute Gasteiger partial charge is 0.383 e. The molecule has 0 aliphatic rings.